The Balaban J connectivity index is 2.94. The van der Waals surface area contributed by atoms with Gasteiger partial charge in [-0.05, 0) is 51.5 Å². The van der Waals surface area contributed by atoms with E-state index in [0.29, 0.717) is 12.0 Å². The van der Waals surface area contributed by atoms with Crippen LogP contribution in [0.15, 0.2) is 0 Å². The van der Waals surface area contributed by atoms with Crippen LogP contribution >= 0.6 is 0 Å². The quantitative estimate of drug-likeness (QED) is 0.804. The van der Waals surface area contributed by atoms with Crippen LogP contribution in [-0.2, 0) is 4.79 Å². The van der Waals surface area contributed by atoms with E-state index < -0.39 is 11.5 Å². The predicted octanol–water partition coefficient (Wildman–Crippen LogP) is 3.14. The first kappa shape index (κ1) is 14.5. The zero-order valence-corrected chi connectivity index (χ0v) is 11.7. The summed E-state index contributed by atoms with van der Waals surface area (Å²) in [6.07, 6.45) is 4.71. The van der Waals surface area contributed by atoms with Gasteiger partial charge in [0.05, 0.1) is 0 Å². The first-order valence-corrected chi connectivity index (χ1v) is 6.98. The number of aliphatic carboxylic acids is 1. The van der Waals surface area contributed by atoms with Gasteiger partial charge in [-0.15, -0.1) is 0 Å². The molecule has 0 radical (unpaired) electrons. The summed E-state index contributed by atoms with van der Waals surface area (Å²) >= 11 is 0. The van der Waals surface area contributed by atoms with Gasteiger partial charge in [0.1, 0.15) is 5.54 Å². The lowest BCUT2D eigenvalue weighted by Gasteiger charge is -2.46. The number of rotatable bonds is 5. The van der Waals surface area contributed by atoms with E-state index in [4.69, 9.17) is 0 Å². The molecule has 1 N–H and O–H groups in total. The van der Waals surface area contributed by atoms with Gasteiger partial charge < -0.3 is 5.11 Å². The van der Waals surface area contributed by atoms with E-state index in [9.17, 15) is 9.90 Å². The average molecular weight is 241 g/mol. The fourth-order valence-corrected chi connectivity index (χ4v) is 3.12. The standard InChI is InChI=1S/C14H27NO2/c1-5-12(4)15(6-2)14(13(16)17)9-7-11(3)8-10-14/h11-12H,5-10H2,1-4H3,(H,16,17). The highest BCUT2D eigenvalue weighted by atomic mass is 16.4. The molecule has 3 heteroatoms. The Hall–Kier alpha value is -0.570. The van der Waals surface area contributed by atoms with Crippen molar-refractivity contribution < 1.29 is 9.90 Å². The molecular weight excluding hydrogens is 214 g/mol. The molecule has 0 spiro atoms. The summed E-state index contributed by atoms with van der Waals surface area (Å²) in [5.74, 6) is 0.0599. The van der Waals surface area contributed by atoms with E-state index in [1.807, 2.05) is 0 Å². The molecular formula is C14H27NO2. The number of carbonyl (C=O) groups is 1. The Morgan fingerprint density at radius 1 is 1.41 bits per heavy atom. The maximum Gasteiger partial charge on any atom is 0.324 e. The molecule has 3 nitrogen and oxygen atoms in total. The van der Waals surface area contributed by atoms with E-state index in [-0.39, 0.29) is 0 Å². The second-order valence-electron chi connectivity index (χ2n) is 5.56. The summed E-state index contributed by atoms with van der Waals surface area (Å²) in [6.45, 7) is 9.41. The van der Waals surface area contributed by atoms with Gasteiger partial charge in [-0.3, -0.25) is 9.69 Å². The Kier molecular flexibility index (Phi) is 4.99. The maximum absolute atomic E-state index is 11.8. The summed E-state index contributed by atoms with van der Waals surface area (Å²) in [4.78, 5) is 14.0. The molecule has 0 amide bonds. The maximum atomic E-state index is 11.8. The highest BCUT2D eigenvalue weighted by molar-refractivity contribution is 5.79. The zero-order valence-electron chi connectivity index (χ0n) is 11.7. The summed E-state index contributed by atoms with van der Waals surface area (Å²) < 4.78 is 0. The summed E-state index contributed by atoms with van der Waals surface area (Å²) in [6, 6.07) is 0.351. The number of likely N-dealkylation sites (N-methyl/N-ethyl adjacent to an activating group) is 1. The Morgan fingerprint density at radius 3 is 2.29 bits per heavy atom. The van der Waals surface area contributed by atoms with Gasteiger partial charge in [-0.1, -0.05) is 20.8 Å². The number of hydrogen-bond donors (Lipinski definition) is 1. The second-order valence-corrected chi connectivity index (χ2v) is 5.56. The monoisotopic (exact) mass is 241 g/mol. The zero-order chi connectivity index (χ0) is 13.1. The number of nitrogens with zero attached hydrogens (tertiary/aromatic N) is 1. The van der Waals surface area contributed by atoms with Crippen molar-refractivity contribution in [1.82, 2.24) is 4.90 Å². The minimum absolute atomic E-state index is 0.351. The normalized spacial score (nSPS) is 31.5. The number of carboxylic acid groups (broad SMARTS) is 1. The lowest BCUT2D eigenvalue weighted by molar-refractivity contribution is -0.157. The molecule has 0 aliphatic heterocycles. The largest absolute Gasteiger partial charge is 0.480 e. The van der Waals surface area contributed by atoms with Crippen molar-refractivity contribution >= 4 is 5.97 Å². The van der Waals surface area contributed by atoms with Gasteiger partial charge in [-0.25, -0.2) is 0 Å². The van der Waals surface area contributed by atoms with Crippen LogP contribution in [-0.4, -0.2) is 34.1 Å². The van der Waals surface area contributed by atoms with Crippen molar-refractivity contribution in [2.75, 3.05) is 6.54 Å². The minimum atomic E-state index is -0.619. The van der Waals surface area contributed by atoms with Crippen LogP contribution in [0.25, 0.3) is 0 Å². The molecule has 0 heterocycles. The highest BCUT2D eigenvalue weighted by Crippen LogP contribution is 2.38. The average Bonchev–Trinajstić information content (AvgIpc) is 2.32. The fraction of sp³-hybridized carbons (Fsp3) is 0.929. The minimum Gasteiger partial charge on any atom is -0.480 e. The number of carboxylic acids is 1. The Morgan fingerprint density at radius 2 is 1.94 bits per heavy atom. The molecule has 0 bridgehead atoms. The van der Waals surface area contributed by atoms with Crippen LogP contribution in [0, 0.1) is 5.92 Å². The third kappa shape index (κ3) is 2.82. The Bertz CT molecular complexity index is 257. The van der Waals surface area contributed by atoms with Crippen molar-refractivity contribution in [2.24, 2.45) is 5.92 Å². The van der Waals surface area contributed by atoms with Gasteiger partial charge in [0.25, 0.3) is 0 Å². The molecule has 0 aromatic carbocycles. The molecule has 1 unspecified atom stereocenters. The van der Waals surface area contributed by atoms with Crippen LogP contribution in [0.4, 0.5) is 0 Å². The fourth-order valence-electron chi connectivity index (χ4n) is 3.12. The van der Waals surface area contributed by atoms with Gasteiger partial charge in [0.2, 0.25) is 0 Å². The second kappa shape index (κ2) is 5.85. The van der Waals surface area contributed by atoms with Gasteiger partial charge >= 0.3 is 5.97 Å². The van der Waals surface area contributed by atoms with Crippen molar-refractivity contribution in [3.63, 3.8) is 0 Å². The first-order chi connectivity index (χ1) is 7.97. The molecule has 0 aromatic heterocycles. The van der Waals surface area contributed by atoms with Crippen molar-refractivity contribution in [3.8, 4) is 0 Å². The Labute approximate surface area is 105 Å². The van der Waals surface area contributed by atoms with Crippen LogP contribution in [0.5, 0.6) is 0 Å². The smallest absolute Gasteiger partial charge is 0.324 e. The van der Waals surface area contributed by atoms with Gasteiger partial charge in [-0.2, -0.15) is 0 Å². The molecule has 1 aliphatic carbocycles. The van der Waals surface area contributed by atoms with Crippen molar-refractivity contribution in [2.45, 2.75) is 71.4 Å². The molecule has 1 rings (SSSR count). The summed E-state index contributed by atoms with van der Waals surface area (Å²) in [5.41, 5.74) is -0.601. The van der Waals surface area contributed by atoms with E-state index >= 15 is 0 Å². The summed E-state index contributed by atoms with van der Waals surface area (Å²) in [7, 11) is 0. The molecule has 17 heavy (non-hydrogen) atoms. The van der Waals surface area contributed by atoms with Crippen LogP contribution < -0.4 is 0 Å². The lowest BCUT2D eigenvalue weighted by Crippen LogP contribution is -2.59. The SMILES string of the molecule is CCC(C)N(CC)C1(C(=O)O)CCC(C)CC1. The molecule has 1 fully saturated rings. The molecule has 1 aliphatic rings. The lowest BCUT2D eigenvalue weighted by atomic mass is 9.75. The van der Waals surface area contributed by atoms with Crippen LogP contribution in [0.1, 0.15) is 59.8 Å². The van der Waals surface area contributed by atoms with Gasteiger partial charge in [0, 0.05) is 6.04 Å². The van der Waals surface area contributed by atoms with Crippen LogP contribution in [0.3, 0.4) is 0 Å². The van der Waals surface area contributed by atoms with Crippen molar-refractivity contribution in [1.29, 1.82) is 0 Å². The van der Waals surface area contributed by atoms with E-state index in [2.05, 4.69) is 32.6 Å². The predicted molar refractivity (Wildman–Crippen MR) is 70.1 cm³/mol. The van der Waals surface area contributed by atoms with Crippen molar-refractivity contribution in [3.05, 3.63) is 0 Å². The molecule has 1 atom stereocenters. The third-order valence-electron chi connectivity index (χ3n) is 4.51. The first-order valence-electron chi connectivity index (χ1n) is 6.98. The van der Waals surface area contributed by atoms with Crippen LogP contribution in [0.2, 0.25) is 0 Å². The van der Waals surface area contributed by atoms with E-state index in [1.165, 1.54) is 0 Å². The van der Waals surface area contributed by atoms with E-state index in [1.54, 1.807) is 0 Å². The highest BCUT2D eigenvalue weighted by Gasteiger charge is 2.46. The third-order valence-corrected chi connectivity index (χ3v) is 4.51. The molecule has 0 aromatic rings. The molecule has 1 saturated carbocycles. The van der Waals surface area contributed by atoms with E-state index in [0.717, 1.165) is 38.6 Å². The molecule has 0 saturated heterocycles. The van der Waals surface area contributed by atoms with Gasteiger partial charge in [0.15, 0.2) is 0 Å². The topological polar surface area (TPSA) is 40.5 Å². The number of hydrogen-bond acceptors (Lipinski definition) is 2. The summed E-state index contributed by atoms with van der Waals surface area (Å²) in [5, 5.41) is 9.68. The molecule has 100 valence electrons.